The molecule has 1 unspecified atom stereocenters. The minimum absolute atomic E-state index is 0.651. The largest absolute Gasteiger partial charge is 0.344 e. The van der Waals surface area contributed by atoms with Crippen molar-refractivity contribution < 1.29 is 4.74 Å². The second kappa shape index (κ2) is 4.85. The number of pyridine rings is 1. The molecule has 0 bridgehead atoms. The predicted octanol–water partition coefficient (Wildman–Crippen LogP) is 3.77. The van der Waals surface area contributed by atoms with Crippen molar-refractivity contribution in [1.82, 2.24) is 9.88 Å². The molecule has 0 amide bonds. The summed E-state index contributed by atoms with van der Waals surface area (Å²) < 4.78 is 6.39. The summed E-state index contributed by atoms with van der Waals surface area (Å²) in [4.78, 5) is 7.81. The smallest absolute Gasteiger partial charge is 0.213 e. The highest BCUT2D eigenvalue weighted by molar-refractivity contribution is 7.80. The van der Waals surface area contributed by atoms with Gasteiger partial charge in [-0.25, -0.2) is 0 Å². The van der Waals surface area contributed by atoms with Crippen LogP contribution in [0.4, 0.5) is 0 Å². The zero-order valence-corrected chi connectivity index (χ0v) is 14.1. The van der Waals surface area contributed by atoms with E-state index in [1.54, 1.807) is 0 Å². The number of aryl methyl sites for hydroxylation is 1. The van der Waals surface area contributed by atoms with Gasteiger partial charge in [-0.05, 0) is 18.4 Å². The van der Waals surface area contributed by atoms with E-state index in [-0.39, 0.29) is 0 Å². The molecule has 1 atom stereocenters. The Kier molecular flexibility index (Phi) is 2.84. The Labute approximate surface area is 145 Å². The standard InChI is InChI=1S/C20H16N2OS/c1-13-6-7-16-17(12-13)20(22(19(16)24)10-11-23-20)18-15-5-3-2-4-14(15)8-9-21-18/h2-9,12H,10-11H2,1H3. The summed E-state index contributed by atoms with van der Waals surface area (Å²) in [5, 5.41) is 2.28. The summed E-state index contributed by atoms with van der Waals surface area (Å²) >= 11 is 5.77. The van der Waals surface area contributed by atoms with Gasteiger partial charge in [-0.15, -0.1) is 0 Å². The van der Waals surface area contributed by atoms with Crippen molar-refractivity contribution in [3.63, 3.8) is 0 Å². The first kappa shape index (κ1) is 14.1. The van der Waals surface area contributed by atoms with Crippen LogP contribution in [0, 0.1) is 6.92 Å². The van der Waals surface area contributed by atoms with Crippen LogP contribution < -0.4 is 0 Å². The van der Waals surface area contributed by atoms with Gasteiger partial charge in [0.15, 0.2) is 0 Å². The third-order valence-corrected chi connectivity index (χ3v) is 5.46. The highest BCUT2D eigenvalue weighted by Crippen LogP contribution is 2.49. The van der Waals surface area contributed by atoms with Gasteiger partial charge in [0.05, 0.1) is 6.61 Å². The van der Waals surface area contributed by atoms with Gasteiger partial charge in [0.1, 0.15) is 10.7 Å². The molecule has 0 N–H and O–H groups in total. The van der Waals surface area contributed by atoms with Crippen LogP contribution in [0.5, 0.6) is 0 Å². The molecule has 2 aliphatic rings. The molecule has 0 spiro atoms. The number of hydrogen-bond acceptors (Lipinski definition) is 3. The molecule has 3 nitrogen and oxygen atoms in total. The van der Waals surface area contributed by atoms with Gasteiger partial charge in [0, 0.05) is 29.3 Å². The van der Waals surface area contributed by atoms with E-state index in [1.807, 2.05) is 18.3 Å². The van der Waals surface area contributed by atoms with Crippen molar-refractivity contribution in [2.75, 3.05) is 13.2 Å². The van der Waals surface area contributed by atoms with Crippen molar-refractivity contribution in [3.8, 4) is 0 Å². The molecule has 2 aromatic carbocycles. The van der Waals surface area contributed by atoms with Gasteiger partial charge in [-0.2, -0.15) is 0 Å². The van der Waals surface area contributed by atoms with Crippen LogP contribution in [0.2, 0.25) is 0 Å². The van der Waals surface area contributed by atoms with E-state index < -0.39 is 5.72 Å². The number of fused-ring (bicyclic) bond motifs is 4. The summed E-state index contributed by atoms with van der Waals surface area (Å²) in [5.41, 5.74) is 3.65. The summed E-state index contributed by atoms with van der Waals surface area (Å²) in [6.07, 6.45) is 1.86. The third-order valence-electron chi connectivity index (χ3n) is 5.02. The van der Waals surface area contributed by atoms with Crippen LogP contribution in [0.25, 0.3) is 10.8 Å². The minimum Gasteiger partial charge on any atom is -0.344 e. The first-order valence-corrected chi connectivity index (χ1v) is 8.54. The molecule has 3 aromatic rings. The van der Waals surface area contributed by atoms with E-state index in [4.69, 9.17) is 21.9 Å². The highest BCUT2D eigenvalue weighted by Gasteiger charge is 2.55. The fourth-order valence-electron chi connectivity index (χ4n) is 3.97. The van der Waals surface area contributed by atoms with Gasteiger partial charge < -0.3 is 9.64 Å². The molecule has 3 heterocycles. The van der Waals surface area contributed by atoms with Crippen LogP contribution in [-0.4, -0.2) is 28.0 Å². The maximum absolute atomic E-state index is 6.39. The molecule has 5 rings (SSSR count). The van der Waals surface area contributed by atoms with Gasteiger partial charge in [0.25, 0.3) is 0 Å². The summed E-state index contributed by atoms with van der Waals surface area (Å²) in [6, 6.07) is 16.8. The Morgan fingerprint density at radius 3 is 2.96 bits per heavy atom. The molecule has 0 radical (unpaired) electrons. The van der Waals surface area contributed by atoms with Crippen LogP contribution in [0.3, 0.4) is 0 Å². The summed E-state index contributed by atoms with van der Waals surface area (Å²) in [7, 11) is 0. The quantitative estimate of drug-likeness (QED) is 0.634. The van der Waals surface area contributed by atoms with Crippen LogP contribution in [0.1, 0.15) is 22.4 Å². The Hall–Kier alpha value is -2.30. The minimum atomic E-state index is -0.695. The van der Waals surface area contributed by atoms with Crippen LogP contribution in [0.15, 0.2) is 54.7 Å². The Morgan fingerprint density at radius 2 is 2.04 bits per heavy atom. The molecule has 1 aromatic heterocycles. The van der Waals surface area contributed by atoms with E-state index in [1.165, 1.54) is 10.9 Å². The molecule has 4 heteroatoms. The van der Waals surface area contributed by atoms with E-state index in [0.717, 1.165) is 33.7 Å². The lowest BCUT2D eigenvalue weighted by atomic mass is 9.93. The van der Waals surface area contributed by atoms with Crippen LogP contribution in [-0.2, 0) is 10.5 Å². The molecule has 2 aliphatic heterocycles. The van der Waals surface area contributed by atoms with Crippen molar-refractivity contribution in [2.45, 2.75) is 12.6 Å². The monoisotopic (exact) mass is 332 g/mol. The average Bonchev–Trinajstić information content (AvgIpc) is 3.14. The van der Waals surface area contributed by atoms with Crippen molar-refractivity contribution >= 4 is 28.0 Å². The van der Waals surface area contributed by atoms with E-state index in [2.05, 4.69) is 48.2 Å². The van der Waals surface area contributed by atoms with E-state index in [9.17, 15) is 0 Å². The van der Waals surface area contributed by atoms with E-state index in [0.29, 0.717) is 6.61 Å². The Bertz CT molecular complexity index is 995. The maximum Gasteiger partial charge on any atom is 0.213 e. The zero-order valence-electron chi connectivity index (χ0n) is 13.3. The number of hydrogen-bond donors (Lipinski definition) is 0. The molecule has 118 valence electrons. The molecular formula is C20H16N2OS. The van der Waals surface area contributed by atoms with E-state index >= 15 is 0 Å². The third kappa shape index (κ3) is 1.65. The Balaban J connectivity index is 1.89. The predicted molar refractivity (Wildman–Crippen MR) is 98.1 cm³/mol. The van der Waals surface area contributed by atoms with Gasteiger partial charge in [-0.1, -0.05) is 60.2 Å². The molecule has 0 aliphatic carbocycles. The lowest BCUT2D eigenvalue weighted by molar-refractivity contribution is -0.0178. The summed E-state index contributed by atoms with van der Waals surface area (Å²) in [5.74, 6) is 0. The number of aromatic nitrogens is 1. The average molecular weight is 332 g/mol. The second-order valence-corrected chi connectivity index (χ2v) is 6.77. The van der Waals surface area contributed by atoms with Gasteiger partial charge in [0.2, 0.25) is 5.72 Å². The SMILES string of the molecule is Cc1ccc2c(c1)C1(c3nccc4ccccc34)OCCN1C2=S. The first-order chi connectivity index (χ1) is 11.7. The summed E-state index contributed by atoms with van der Waals surface area (Å²) in [6.45, 7) is 3.54. The molecule has 1 saturated heterocycles. The topological polar surface area (TPSA) is 25.4 Å². The van der Waals surface area contributed by atoms with Gasteiger partial charge >= 0.3 is 0 Å². The van der Waals surface area contributed by atoms with Crippen molar-refractivity contribution in [2.24, 2.45) is 0 Å². The van der Waals surface area contributed by atoms with Gasteiger partial charge in [-0.3, -0.25) is 4.98 Å². The molecule has 1 fully saturated rings. The fourth-order valence-corrected chi connectivity index (χ4v) is 4.37. The number of ether oxygens (including phenoxy) is 1. The normalized spacial score (nSPS) is 22.0. The molecule has 24 heavy (non-hydrogen) atoms. The first-order valence-electron chi connectivity index (χ1n) is 8.13. The molecular weight excluding hydrogens is 316 g/mol. The molecule has 0 saturated carbocycles. The highest BCUT2D eigenvalue weighted by atomic mass is 32.1. The van der Waals surface area contributed by atoms with Crippen molar-refractivity contribution in [1.29, 1.82) is 0 Å². The Morgan fingerprint density at radius 1 is 1.17 bits per heavy atom. The number of nitrogens with zero attached hydrogens (tertiary/aromatic N) is 2. The number of rotatable bonds is 1. The lowest BCUT2D eigenvalue weighted by Gasteiger charge is -2.32. The van der Waals surface area contributed by atoms with Crippen LogP contribution >= 0.6 is 12.2 Å². The maximum atomic E-state index is 6.39. The lowest BCUT2D eigenvalue weighted by Crippen LogP contribution is -2.41. The second-order valence-electron chi connectivity index (χ2n) is 6.38. The zero-order chi connectivity index (χ0) is 16.3. The number of benzene rings is 2. The fraction of sp³-hybridized carbons (Fsp3) is 0.200. The van der Waals surface area contributed by atoms with Crippen molar-refractivity contribution in [3.05, 3.63) is 77.1 Å². The number of thiocarbonyl (C=S) groups is 1.